The molecule has 1 aliphatic heterocycles. The molecule has 1 aromatic carbocycles. The van der Waals surface area contributed by atoms with Gasteiger partial charge in [0.2, 0.25) is 5.91 Å². The van der Waals surface area contributed by atoms with Crippen LogP contribution in [0.2, 0.25) is 0 Å². The quantitative estimate of drug-likeness (QED) is 0.696. The molecule has 1 amide bonds. The molecule has 0 spiro atoms. The van der Waals surface area contributed by atoms with Crippen LogP contribution in [0.3, 0.4) is 0 Å². The molecular weight excluding hydrogens is 220 g/mol. The molecule has 0 saturated carbocycles. The van der Waals surface area contributed by atoms with Gasteiger partial charge in [-0.05, 0) is 17.7 Å². The van der Waals surface area contributed by atoms with Gasteiger partial charge in [-0.2, -0.15) is 0 Å². The van der Waals surface area contributed by atoms with Crippen LogP contribution in [0.4, 0.5) is 0 Å². The highest BCUT2D eigenvalue weighted by Gasteiger charge is 2.24. The first-order valence-electron chi connectivity index (χ1n) is 5.47. The summed E-state index contributed by atoms with van der Waals surface area (Å²) in [5.74, 6) is -0.819. The molecule has 1 aliphatic rings. The number of rotatable bonds is 4. The van der Waals surface area contributed by atoms with E-state index in [0.29, 0.717) is 6.54 Å². The minimum Gasteiger partial charge on any atom is -0.478 e. The van der Waals surface area contributed by atoms with E-state index in [4.69, 9.17) is 5.11 Å². The molecule has 3 N–H and O–H groups in total. The summed E-state index contributed by atoms with van der Waals surface area (Å²) in [5, 5.41) is 14.6. The summed E-state index contributed by atoms with van der Waals surface area (Å²) in [4.78, 5) is 22.2. The highest BCUT2D eigenvalue weighted by atomic mass is 16.4. The molecule has 17 heavy (non-hydrogen) atoms. The molecule has 1 heterocycles. The lowest BCUT2D eigenvalue weighted by Gasteiger charge is -2.25. The largest absolute Gasteiger partial charge is 0.478 e. The third kappa shape index (κ3) is 2.82. The smallest absolute Gasteiger partial charge is 0.335 e. The second-order valence-corrected chi connectivity index (χ2v) is 4.08. The Morgan fingerprint density at radius 1 is 1.29 bits per heavy atom. The van der Waals surface area contributed by atoms with Crippen LogP contribution in [0.5, 0.6) is 0 Å². The van der Waals surface area contributed by atoms with Crippen LogP contribution in [-0.2, 0) is 11.3 Å². The molecule has 2 rings (SSSR count). The van der Waals surface area contributed by atoms with Crippen molar-refractivity contribution >= 4 is 11.9 Å². The van der Waals surface area contributed by atoms with Gasteiger partial charge in [0.1, 0.15) is 0 Å². The Morgan fingerprint density at radius 2 is 1.94 bits per heavy atom. The van der Waals surface area contributed by atoms with E-state index in [1.54, 1.807) is 12.1 Å². The Hall–Kier alpha value is -1.88. The highest BCUT2D eigenvalue weighted by Crippen LogP contribution is 2.06. The van der Waals surface area contributed by atoms with E-state index in [0.717, 1.165) is 18.7 Å². The Kier molecular flexibility index (Phi) is 3.39. The average Bonchev–Trinajstić information content (AvgIpc) is 2.24. The van der Waals surface area contributed by atoms with E-state index < -0.39 is 5.97 Å². The lowest BCUT2D eigenvalue weighted by molar-refractivity contribution is -0.126. The molecule has 0 unspecified atom stereocenters. The molecule has 0 aliphatic carbocycles. The lowest BCUT2D eigenvalue weighted by Crippen LogP contribution is -2.50. The van der Waals surface area contributed by atoms with Gasteiger partial charge in [-0.15, -0.1) is 0 Å². The standard InChI is InChI=1S/C12H14N2O3/c15-11(10-6-13-7-10)14-5-8-1-3-9(4-2-8)12(16)17/h1-4,10,13H,5-7H2,(H,14,15)(H,16,17). The Morgan fingerprint density at radius 3 is 2.41 bits per heavy atom. The van der Waals surface area contributed by atoms with Crippen molar-refractivity contribution in [3.05, 3.63) is 35.4 Å². The maximum atomic E-state index is 11.5. The first-order valence-corrected chi connectivity index (χ1v) is 5.47. The molecule has 0 radical (unpaired) electrons. The fourth-order valence-corrected chi connectivity index (χ4v) is 1.57. The van der Waals surface area contributed by atoms with E-state index in [2.05, 4.69) is 10.6 Å². The van der Waals surface area contributed by atoms with Crippen LogP contribution in [0, 0.1) is 5.92 Å². The SMILES string of the molecule is O=C(O)c1ccc(CNC(=O)C2CNC2)cc1. The highest BCUT2D eigenvalue weighted by molar-refractivity contribution is 5.87. The average molecular weight is 234 g/mol. The molecule has 5 nitrogen and oxygen atoms in total. The van der Waals surface area contributed by atoms with Crippen molar-refractivity contribution in [1.29, 1.82) is 0 Å². The molecule has 1 saturated heterocycles. The van der Waals surface area contributed by atoms with E-state index >= 15 is 0 Å². The van der Waals surface area contributed by atoms with Crippen molar-refractivity contribution < 1.29 is 14.7 Å². The third-order valence-electron chi connectivity index (χ3n) is 2.82. The fourth-order valence-electron chi connectivity index (χ4n) is 1.57. The predicted octanol–water partition coefficient (Wildman–Crippen LogP) is 0.220. The van der Waals surface area contributed by atoms with E-state index in [1.165, 1.54) is 12.1 Å². The van der Waals surface area contributed by atoms with Gasteiger partial charge in [-0.25, -0.2) is 4.79 Å². The second-order valence-electron chi connectivity index (χ2n) is 4.08. The molecule has 5 heteroatoms. The van der Waals surface area contributed by atoms with Crippen LogP contribution >= 0.6 is 0 Å². The van der Waals surface area contributed by atoms with Crippen molar-refractivity contribution in [2.24, 2.45) is 5.92 Å². The summed E-state index contributed by atoms with van der Waals surface area (Å²) < 4.78 is 0. The molecule has 0 aromatic heterocycles. The number of hydrogen-bond acceptors (Lipinski definition) is 3. The van der Waals surface area contributed by atoms with Gasteiger partial charge in [-0.3, -0.25) is 4.79 Å². The first-order chi connectivity index (χ1) is 8.16. The Balaban J connectivity index is 1.86. The Labute approximate surface area is 98.8 Å². The van der Waals surface area contributed by atoms with Crippen molar-refractivity contribution in [3.63, 3.8) is 0 Å². The monoisotopic (exact) mass is 234 g/mol. The van der Waals surface area contributed by atoms with Crippen LogP contribution in [0.15, 0.2) is 24.3 Å². The Bertz CT molecular complexity index is 424. The summed E-state index contributed by atoms with van der Waals surface area (Å²) in [6.45, 7) is 1.92. The summed E-state index contributed by atoms with van der Waals surface area (Å²) >= 11 is 0. The normalized spacial score (nSPS) is 15.1. The van der Waals surface area contributed by atoms with Gasteiger partial charge in [-0.1, -0.05) is 12.1 Å². The van der Waals surface area contributed by atoms with Gasteiger partial charge >= 0.3 is 5.97 Å². The number of hydrogen-bond donors (Lipinski definition) is 3. The number of amides is 1. The van der Waals surface area contributed by atoms with Crippen molar-refractivity contribution in [3.8, 4) is 0 Å². The number of carboxylic acids is 1. The summed E-state index contributed by atoms with van der Waals surface area (Å²) in [6.07, 6.45) is 0. The lowest BCUT2D eigenvalue weighted by atomic mass is 10.0. The number of carbonyl (C=O) groups excluding carboxylic acids is 1. The van der Waals surface area contributed by atoms with Crippen LogP contribution in [-0.4, -0.2) is 30.1 Å². The van der Waals surface area contributed by atoms with Crippen LogP contribution in [0.25, 0.3) is 0 Å². The fraction of sp³-hybridized carbons (Fsp3) is 0.333. The molecule has 1 fully saturated rings. The van der Waals surface area contributed by atoms with Crippen LogP contribution in [0.1, 0.15) is 15.9 Å². The molecular formula is C12H14N2O3. The zero-order valence-corrected chi connectivity index (χ0v) is 9.27. The molecule has 90 valence electrons. The number of nitrogens with one attached hydrogen (secondary N) is 2. The molecule has 1 aromatic rings. The van der Waals surface area contributed by atoms with Gasteiger partial charge in [0.05, 0.1) is 11.5 Å². The maximum Gasteiger partial charge on any atom is 0.335 e. The van der Waals surface area contributed by atoms with Crippen molar-refractivity contribution in [1.82, 2.24) is 10.6 Å². The predicted molar refractivity (Wildman–Crippen MR) is 61.6 cm³/mol. The zero-order chi connectivity index (χ0) is 12.3. The third-order valence-corrected chi connectivity index (χ3v) is 2.82. The molecule has 0 bridgehead atoms. The second kappa shape index (κ2) is 4.97. The number of benzene rings is 1. The summed E-state index contributed by atoms with van der Waals surface area (Å²) in [6, 6.07) is 6.50. The minimum absolute atomic E-state index is 0.0473. The van der Waals surface area contributed by atoms with Gasteiger partial charge < -0.3 is 15.7 Å². The molecule has 0 atom stereocenters. The summed E-state index contributed by atoms with van der Waals surface area (Å²) in [7, 11) is 0. The van der Waals surface area contributed by atoms with Crippen LogP contribution < -0.4 is 10.6 Å². The van der Waals surface area contributed by atoms with E-state index in [-0.39, 0.29) is 17.4 Å². The van der Waals surface area contributed by atoms with Gasteiger partial charge in [0, 0.05) is 19.6 Å². The van der Waals surface area contributed by atoms with Gasteiger partial charge in [0.25, 0.3) is 0 Å². The maximum absolute atomic E-state index is 11.5. The number of aromatic carboxylic acids is 1. The minimum atomic E-state index is -0.943. The number of carbonyl (C=O) groups is 2. The van der Waals surface area contributed by atoms with Gasteiger partial charge in [0.15, 0.2) is 0 Å². The number of carboxylic acid groups (broad SMARTS) is 1. The van der Waals surface area contributed by atoms with Crippen molar-refractivity contribution in [2.45, 2.75) is 6.54 Å². The summed E-state index contributed by atoms with van der Waals surface area (Å²) in [5.41, 5.74) is 1.15. The van der Waals surface area contributed by atoms with E-state index in [1.807, 2.05) is 0 Å². The topological polar surface area (TPSA) is 78.4 Å². The zero-order valence-electron chi connectivity index (χ0n) is 9.27. The first kappa shape index (κ1) is 11.6. The van der Waals surface area contributed by atoms with E-state index in [9.17, 15) is 9.59 Å². The van der Waals surface area contributed by atoms with Crippen molar-refractivity contribution in [2.75, 3.05) is 13.1 Å².